The fourth-order valence-corrected chi connectivity index (χ4v) is 1.68. The van der Waals surface area contributed by atoms with Gasteiger partial charge in [-0.1, -0.05) is 17.7 Å². The van der Waals surface area contributed by atoms with Crippen LogP contribution in [0.25, 0.3) is 0 Å². The van der Waals surface area contributed by atoms with Gasteiger partial charge < -0.3 is 4.74 Å². The Bertz CT molecular complexity index is 462. The van der Waals surface area contributed by atoms with E-state index in [0.717, 1.165) is 7.11 Å². The molecule has 0 atom stereocenters. The maximum atomic E-state index is 13.5. The van der Waals surface area contributed by atoms with E-state index in [4.69, 9.17) is 11.6 Å². The van der Waals surface area contributed by atoms with Gasteiger partial charge in [0, 0.05) is 17.1 Å². The lowest BCUT2D eigenvalue weighted by molar-refractivity contribution is -0.121. The molecule has 2 amide bonds. The van der Waals surface area contributed by atoms with Crippen molar-refractivity contribution in [3.05, 3.63) is 34.6 Å². The van der Waals surface area contributed by atoms with Gasteiger partial charge in [-0.2, -0.15) is 0 Å². The first kappa shape index (κ1) is 15.4. The number of benzene rings is 1. The van der Waals surface area contributed by atoms with Crippen molar-refractivity contribution in [2.45, 2.75) is 6.54 Å². The van der Waals surface area contributed by atoms with Crippen molar-refractivity contribution in [1.82, 2.24) is 10.2 Å². The van der Waals surface area contributed by atoms with Gasteiger partial charge in [0.1, 0.15) is 5.82 Å². The summed E-state index contributed by atoms with van der Waals surface area (Å²) < 4.78 is 17.8. The van der Waals surface area contributed by atoms with E-state index in [2.05, 4.69) is 4.74 Å². The number of nitrogens with one attached hydrogen (secondary N) is 1. The largest absolute Gasteiger partial charge is 0.453 e. The summed E-state index contributed by atoms with van der Waals surface area (Å²) >= 11 is 5.88. The van der Waals surface area contributed by atoms with Crippen LogP contribution in [-0.4, -0.2) is 37.6 Å². The normalized spacial score (nSPS) is 10.4. The first-order valence-corrected chi connectivity index (χ1v) is 5.81. The third kappa shape index (κ3) is 4.84. The number of carbonyl (C=O) groups is 2. The molecule has 0 spiro atoms. The first-order chi connectivity index (χ1) is 8.93. The summed E-state index contributed by atoms with van der Waals surface area (Å²) in [5.41, 5.74) is 0.303. The molecule has 0 unspecified atom stereocenters. The van der Waals surface area contributed by atoms with Gasteiger partial charge in [-0.3, -0.25) is 15.0 Å². The second kappa shape index (κ2) is 7.06. The molecular weight excluding hydrogens is 275 g/mol. The Morgan fingerprint density at radius 3 is 2.74 bits per heavy atom. The van der Waals surface area contributed by atoms with E-state index >= 15 is 0 Å². The lowest BCUT2D eigenvalue weighted by Crippen LogP contribution is -2.38. The maximum absolute atomic E-state index is 13.5. The highest BCUT2D eigenvalue weighted by molar-refractivity contribution is 6.31. The molecule has 0 saturated heterocycles. The molecular formula is C12H14ClFN2O3. The van der Waals surface area contributed by atoms with Crippen LogP contribution in [0.2, 0.25) is 5.02 Å². The zero-order valence-corrected chi connectivity index (χ0v) is 11.3. The Labute approximate surface area is 115 Å². The van der Waals surface area contributed by atoms with Gasteiger partial charge in [0.05, 0.1) is 13.7 Å². The smallest absolute Gasteiger partial charge is 0.413 e. The molecule has 1 rings (SSSR count). The van der Waals surface area contributed by atoms with E-state index in [1.165, 1.54) is 17.0 Å². The van der Waals surface area contributed by atoms with Crippen molar-refractivity contribution in [2.24, 2.45) is 0 Å². The highest BCUT2D eigenvalue weighted by atomic mass is 35.5. The van der Waals surface area contributed by atoms with Crippen LogP contribution in [0, 0.1) is 5.82 Å². The van der Waals surface area contributed by atoms with E-state index in [0.29, 0.717) is 10.6 Å². The summed E-state index contributed by atoms with van der Waals surface area (Å²) in [5.74, 6) is -0.977. The minimum atomic E-state index is -0.831. The van der Waals surface area contributed by atoms with Crippen molar-refractivity contribution in [3.8, 4) is 0 Å². The Morgan fingerprint density at radius 1 is 1.47 bits per heavy atom. The minimum Gasteiger partial charge on any atom is -0.453 e. The number of rotatable bonds is 4. The van der Waals surface area contributed by atoms with Crippen LogP contribution in [0.3, 0.4) is 0 Å². The molecule has 0 aliphatic rings. The highest BCUT2D eigenvalue weighted by Crippen LogP contribution is 2.20. The zero-order chi connectivity index (χ0) is 14.4. The Morgan fingerprint density at radius 2 is 2.16 bits per heavy atom. The third-order valence-electron chi connectivity index (χ3n) is 2.33. The van der Waals surface area contributed by atoms with Crippen LogP contribution >= 0.6 is 11.6 Å². The van der Waals surface area contributed by atoms with Crippen LogP contribution in [0.4, 0.5) is 9.18 Å². The lowest BCUT2D eigenvalue weighted by atomic mass is 10.2. The van der Waals surface area contributed by atoms with Gasteiger partial charge in [0.2, 0.25) is 5.91 Å². The quantitative estimate of drug-likeness (QED) is 0.918. The molecule has 7 heteroatoms. The average molecular weight is 289 g/mol. The molecule has 19 heavy (non-hydrogen) atoms. The minimum absolute atomic E-state index is 0.0836. The molecule has 0 aliphatic carbocycles. The summed E-state index contributed by atoms with van der Waals surface area (Å²) in [7, 11) is 2.77. The van der Waals surface area contributed by atoms with Crippen LogP contribution < -0.4 is 5.32 Å². The summed E-state index contributed by atoms with van der Waals surface area (Å²) in [5, 5.41) is 2.30. The first-order valence-electron chi connectivity index (χ1n) is 5.43. The van der Waals surface area contributed by atoms with Crippen molar-refractivity contribution in [2.75, 3.05) is 20.7 Å². The van der Waals surface area contributed by atoms with Gasteiger partial charge in [-0.25, -0.2) is 9.18 Å². The van der Waals surface area contributed by atoms with Crippen LogP contribution in [0.5, 0.6) is 0 Å². The fourth-order valence-electron chi connectivity index (χ4n) is 1.46. The predicted octanol–water partition coefficient (Wildman–Crippen LogP) is 1.79. The monoisotopic (exact) mass is 288 g/mol. The number of halogens is 2. The fraction of sp³-hybridized carbons (Fsp3) is 0.333. The van der Waals surface area contributed by atoms with Gasteiger partial charge in [-0.05, 0) is 19.2 Å². The topological polar surface area (TPSA) is 58.6 Å². The maximum Gasteiger partial charge on any atom is 0.413 e. The number of hydrogen-bond acceptors (Lipinski definition) is 4. The summed E-state index contributed by atoms with van der Waals surface area (Å²) in [6.45, 7) is 0.0693. The van der Waals surface area contributed by atoms with Crippen LogP contribution in [0.1, 0.15) is 5.56 Å². The second-order valence-electron chi connectivity index (χ2n) is 3.91. The van der Waals surface area contributed by atoms with Gasteiger partial charge >= 0.3 is 6.09 Å². The molecule has 0 fully saturated rings. The zero-order valence-electron chi connectivity index (χ0n) is 10.6. The molecule has 0 aromatic heterocycles. The number of nitrogens with zero attached hydrogens (tertiary/aromatic N) is 1. The molecule has 5 nitrogen and oxygen atoms in total. The van der Waals surface area contributed by atoms with E-state index in [1.807, 2.05) is 5.32 Å². The predicted molar refractivity (Wildman–Crippen MR) is 68.3 cm³/mol. The van der Waals surface area contributed by atoms with Crippen molar-refractivity contribution < 1.29 is 18.7 Å². The molecule has 0 aliphatic heterocycles. The lowest BCUT2D eigenvalue weighted by Gasteiger charge is -2.17. The van der Waals surface area contributed by atoms with Crippen LogP contribution in [-0.2, 0) is 16.1 Å². The number of likely N-dealkylation sites (N-methyl/N-ethyl adjacent to an activating group) is 1. The summed E-state index contributed by atoms with van der Waals surface area (Å²) in [4.78, 5) is 23.7. The number of hydrogen-bond donors (Lipinski definition) is 1. The van der Waals surface area contributed by atoms with E-state index in [1.54, 1.807) is 13.1 Å². The van der Waals surface area contributed by atoms with Gasteiger partial charge in [-0.15, -0.1) is 0 Å². The number of alkyl carbamates (subject to hydrolysis) is 1. The average Bonchev–Trinajstić information content (AvgIpc) is 2.33. The van der Waals surface area contributed by atoms with Gasteiger partial charge in [0.25, 0.3) is 0 Å². The number of imide groups is 1. The standard InChI is InChI=1S/C12H14ClFN2O3/c1-16(7-11(17)15-12(18)19-2)6-8-9(13)4-3-5-10(8)14/h3-5H,6-7H2,1-2H3,(H,15,17,18). The highest BCUT2D eigenvalue weighted by Gasteiger charge is 2.14. The van der Waals surface area contributed by atoms with E-state index in [9.17, 15) is 14.0 Å². The van der Waals surface area contributed by atoms with E-state index < -0.39 is 17.8 Å². The van der Waals surface area contributed by atoms with Crippen molar-refractivity contribution in [1.29, 1.82) is 0 Å². The van der Waals surface area contributed by atoms with Crippen LogP contribution in [0.15, 0.2) is 18.2 Å². The summed E-state index contributed by atoms with van der Waals surface area (Å²) in [6.07, 6.45) is -0.831. The molecule has 1 aromatic carbocycles. The number of ether oxygens (including phenoxy) is 1. The Hall–Kier alpha value is -1.66. The second-order valence-corrected chi connectivity index (χ2v) is 4.32. The van der Waals surface area contributed by atoms with Crippen molar-refractivity contribution in [3.63, 3.8) is 0 Å². The SMILES string of the molecule is COC(=O)NC(=O)CN(C)Cc1c(F)cccc1Cl. The number of methoxy groups -OCH3 is 1. The van der Waals surface area contributed by atoms with Crippen molar-refractivity contribution >= 4 is 23.6 Å². The Balaban J connectivity index is 2.58. The molecule has 0 saturated carbocycles. The third-order valence-corrected chi connectivity index (χ3v) is 2.68. The number of carbonyl (C=O) groups excluding carboxylic acids is 2. The molecule has 0 heterocycles. The molecule has 0 radical (unpaired) electrons. The molecule has 1 aromatic rings. The molecule has 104 valence electrons. The molecule has 1 N–H and O–H groups in total. The Kier molecular flexibility index (Phi) is 5.72. The summed E-state index contributed by atoms with van der Waals surface area (Å²) in [6, 6.07) is 4.37. The van der Waals surface area contributed by atoms with E-state index in [-0.39, 0.29) is 13.1 Å². The molecule has 0 bridgehead atoms. The number of amides is 2. The van der Waals surface area contributed by atoms with Gasteiger partial charge in [0.15, 0.2) is 0 Å².